The second kappa shape index (κ2) is 15.6. The fraction of sp³-hybridized carbons (Fsp3) is 0.513. The van der Waals surface area contributed by atoms with Crippen molar-refractivity contribution in [2.24, 2.45) is 17.8 Å². The maximum absolute atomic E-state index is 15.1. The van der Waals surface area contributed by atoms with E-state index >= 15 is 4.79 Å². The average Bonchev–Trinajstić information content (AvgIpc) is 3.71. The third kappa shape index (κ3) is 6.59. The molecule has 0 aromatic heterocycles. The van der Waals surface area contributed by atoms with Crippen molar-refractivity contribution >= 4 is 45.0 Å². The summed E-state index contributed by atoms with van der Waals surface area (Å²) >= 11 is 3.81. The molecule has 1 N–H and O–H groups in total. The van der Waals surface area contributed by atoms with Crippen LogP contribution >= 0.6 is 15.9 Å². The zero-order chi connectivity index (χ0) is 35.5. The molecule has 3 fully saturated rings. The van der Waals surface area contributed by atoms with Crippen molar-refractivity contribution in [1.82, 2.24) is 9.80 Å². The molecule has 3 saturated heterocycles. The van der Waals surface area contributed by atoms with Gasteiger partial charge in [0.2, 0.25) is 11.8 Å². The molecule has 0 aliphatic carbocycles. The molecule has 1 spiro atoms. The van der Waals surface area contributed by atoms with Gasteiger partial charge in [-0.25, -0.2) is 0 Å². The van der Waals surface area contributed by atoms with Crippen molar-refractivity contribution in [2.75, 3.05) is 42.6 Å². The average molecular weight is 736 g/mol. The van der Waals surface area contributed by atoms with Gasteiger partial charge in [0.15, 0.2) is 0 Å². The maximum Gasteiger partial charge on any atom is 0.253 e. The predicted octanol–water partition coefficient (Wildman–Crippen LogP) is 5.42. The molecular weight excluding hydrogens is 684 g/mol. The molecule has 8 atom stereocenters. The number of hydrogen-bond acceptors (Lipinski definition) is 6. The van der Waals surface area contributed by atoms with Crippen molar-refractivity contribution < 1.29 is 24.2 Å². The largest absolute Gasteiger partial charge is 0.394 e. The van der Waals surface area contributed by atoms with Gasteiger partial charge in [0.25, 0.3) is 5.91 Å². The van der Waals surface area contributed by atoms with Crippen LogP contribution in [0.5, 0.6) is 0 Å². The summed E-state index contributed by atoms with van der Waals surface area (Å²) in [5.74, 6) is -2.63. The number of benzene rings is 2. The number of halogens is 1. The highest BCUT2D eigenvalue weighted by atomic mass is 79.9. The minimum Gasteiger partial charge on any atom is -0.394 e. The van der Waals surface area contributed by atoms with Crippen LogP contribution in [0.1, 0.15) is 46.1 Å². The quantitative estimate of drug-likeness (QED) is 0.183. The summed E-state index contributed by atoms with van der Waals surface area (Å²) in [4.78, 5) is 51.6. The molecule has 3 aliphatic heterocycles. The number of ether oxygens (including phenoxy) is 1. The standard InChI is InChI=1S/C39H51BrN4O5/c1-7-21-42(24-27-15-13-12-14-16-27)36(46)32-33-37(47)44(31(25-45)26(6)9-3)35(39(33)23-30(40)34(32)49-39)38(48)43(22-8-2)29-19-17-28(18-20-29)41(10-4)11-5/h7-8,12-20,26,30-35,45H,1-2,9-11,21-25H2,3-6H3/t26-,30?,31-,32-,33-,34-,35?,39?/m0/s1. The number of likely N-dealkylation sites (tertiary alicyclic amines) is 1. The van der Waals surface area contributed by atoms with Gasteiger partial charge < -0.3 is 29.4 Å². The molecule has 3 amide bonds. The molecule has 3 unspecified atom stereocenters. The Balaban J connectivity index is 1.59. The lowest BCUT2D eigenvalue weighted by molar-refractivity contribution is -0.148. The molecule has 9 nitrogen and oxygen atoms in total. The van der Waals surface area contributed by atoms with E-state index in [4.69, 9.17) is 4.74 Å². The summed E-state index contributed by atoms with van der Waals surface area (Å²) in [6, 6.07) is 15.9. The minimum absolute atomic E-state index is 0.109. The molecule has 10 heteroatoms. The van der Waals surface area contributed by atoms with Crippen molar-refractivity contribution in [2.45, 2.75) is 75.7 Å². The molecule has 2 bridgehead atoms. The van der Waals surface area contributed by atoms with E-state index in [-0.39, 0.29) is 41.6 Å². The minimum atomic E-state index is -1.26. The fourth-order valence-electron chi connectivity index (χ4n) is 8.23. The molecule has 0 saturated carbocycles. The van der Waals surface area contributed by atoms with Crippen molar-refractivity contribution in [3.63, 3.8) is 0 Å². The van der Waals surface area contributed by atoms with Crippen molar-refractivity contribution in [3.8, 4) is 0 Å². The molecule has 264 valence electrons. The molecule has 2 aromatic rings. The highest BCUT2D eigenvalue weighted by molar-refractivity contribution is 9.09. The predicted molar refractivity (Wildman–Crippen MR) is 197 cm³/mol. The van der Waals surface area contributed by atoms with Gasteiger partial charge in [0.05, 0.1) is 30.6 Å². The second-order valence-corrected chi connectivity index (χ2v) is 14.6. The Hall–Kier alpha value is -3.47. The van der Waals surface area contributed by atoms with Crippen LogP contribution in [0, 0.1) is 17.8 Å². The van der Waals surface area contributed by atoms with E-state index in [2.05, 4.69) is 47.8 Å². The number of carbonyl (C=O) groups excluding carboxylic acids is 3. The zero-order valence-electron chi connectivity index (χ0n) is 29.2. The lowest BCUT2D eigenvalue weighted by atomic mass is 9.70. The van der Waals surface area contributed by atoms with Crippen LogP contribution in [0.2, 0.25) is 0 Å². The lowest BCUT2D eigenvalue weighted by Gasteiger charge is -2.41. The Morgan fingerprint density at radius 3 is 2.22 bits per heavy atom. The van der Waals surface area contributed by atoms with Crippen LogP contribution in [0.4, 0.5) is 11.4 Å². The van der Waals surface area contributed by atoms with Gasteiger partial charge in [-0.1, -0.05) is 78.7 Å². The monoisotopic (exact) mass is 734 g/mol. The first kappa shape index (κ1) is 36.8. The Kier molecular flexibility index (Phi) is 11.7. The molecule has 3 aliphatic rings. The van der Waals surface area contributed by atoms with Gasteiger partial charge in [-0.15, -0.1) is 13.2 Å². The number of alkyl halides is 1. The number of fused-ring (bicyclic) bond motifs is 1. The smallest absolute Gasteiger partial charge is 0.253 e. The van der Waals surface area contributed by atoms with Gasteiger partial charge in [-0.3, -0.25) is 14.4 Å². The number of nitrogens with zero attached hydrogens (tertiary/aromatic N) is 4. The number of aliphatic hydroxyl groups is 1. The molecule has 2 aromatic carbocycles. The van der Waals surface area contributed by atoms with Crippen LogP contribution in [-0.4, -0.2) is 94.0 Å². The SMILES string of the molecule is C=CCN(Cc1ccccc1)C(=O)[C@H]1[C@H]2C(=O)N([C@@H](CO)[C@@H](C)CC)C(C(=O)N(CC=C)c3ccc(N(CC)CC)cc3)C23CC(Br)[C@@H]1O3. The first-order chi connectivity index (χ1) is 23.6. The summed E-state index contributed by atoms with van der Waals surface area (Å²) in [6.07, 6.45) is 3.84. The topological polar surface area (TPSA) is 93.6 Å². The Morgan fingerprint density at radius 1 is 1.02 bits per heavy atom. The van der Waals surface area contributed by atoms with E-state index in [0.29, 0.717) is 31.6 Å². The number of amides is 3. The number of aliphatic hydroxyl groups excluding tert-OH is 1. The highest BCUT2D eigenvalue weighted by Crippen LogP contribution is 2.61. The maximum atomic E-state index is 15.1. The van der Waals surface area contributed by atoms with Crippen LogP contribution in [-0.2, 0) is 25.7 Å². The van der Waals surface area contributed by atoms with Gasteiger partial charge in [0, 0.05) is 48.9 Å². The number of rotatable bonds is 16. The molecular formula is C39H51BrN4O5. The Bertz CT molecular complexity index is 1500. The van der Waals surface area contributed by atoms with E-state index < -0.39 is 35.6 Å². The van der Waals surface area contributed by atoms with Crippen LogP contribution in [0.3, 0.4) is 0 Å². The summed E-state index contributed by atoms with van der Waals surface area (Å²) in [5, 5.41) is 10.8. The summed E-state index contributed by atoms with van der Waals surface area (Å²) in [6.45, 7) is 18.3. The van der Waals surface area contributed by atoms with Crippen molar-refractivity contribution in [3.05, 3.63) is 85.5 Å². The summed E-state index contributed by atoms with van der Waals surface area (Å²) < 4.78 is 6.85. The number of carbonyl (C=O) groups is 3. The molecule has 0 radical (unpaired) electrons. The Morgan fingerprint density at radius 2 is 1.65 bits per heavy atom. The highest BCUT2D eigenvalue weighted by Gasteiger charge is 2.77. The second-order valence-electron chi connectivity index (χ2n) is 13.5. The van der Waals surface area contributed by atoms with Crippen LogP contribution < -0.4 is 9.80 Å². The van der Waals surface area contributed by atoms with Crippen molar-refractivity contribution in [1.29, 1.82) is 0 Å². The summed E-state index contributed by atoms with van der Waals surface area (Å²) in [5.41, 5.74) is 1.42. The lowest BCUT2D eigenvalue weighted by Crippen LogP contribution is -2.60. The number of hydrogen-bond donors (Lipinski definition) is 1. The zero-order valence-corrected chi connectivity index (χ0v) is 30.8. The van der Waals surface area contributed by atoms with E-state index in [9.17, 15) is 14.7 Å². The summed E-state index contributed by atoms with van der Waals surface area (Å²) in [7, 11) is 0. The van der Waals surface area contributed by atoms with Gasteiger partial charge >= 0.3 is 0 Å². The third-order valence-electron chi connectivity index (χ3n) is 10.8. The fourth-order valence-corrected chi connectivity index (χ4v) is 9.18. The van der Waals surface area contributed by atoms with Gasteiger partial charge in [-0.2, -0.15) is 0 Å². The Labute approximate surface area is 299 Å². The number of anilines is 2. The third-order valence-corrected chi connectivity index (χ3v) is 11.7. The van der Waals surface area contributed by atoms with Gasteiger partial charge in [0.1, 0.15) is 11.6 Å². The van der Waals surface area contributed by atoms with E-state index in [0.717, 1.165) is 24.3 Å². The first-order valence-electron chi connectivity index (χ1n) is 17.6. The van der Waals surface area contributed by atoms with Gasteiger partial charge in [-0.05, 0) is 56.0 Å². The van der Waals surface area contributed by atoms with E-state index in [1.54, 1.807) is 26.9 Å². The normalized spacial score (nSPS) is 26.6. The van der Waals surface area contributed by atoms with E-state index in [1.165, 1.54) is 0 Å². The molecule has 3 heterocycles. The molecule has 49 heavy (non-hydrogen) atoms. The molecule has 5 rings (SSSR count). The first-order valence-corrected chi connectivity index (χ1v) is 18.5. The van der Waals surface area contributed by atoms with Crippen LogP contribution in [0.25, 0.3) is 0 Å². The van der Waals surface area contributed by atoms with E-state index in [1.807, 2.05) is 68.4 Å². The van der Waals surface area contributed by atoms with Crippen LogP contribution in [0.15, 0.2) is 79.9 Å².